The number of nitrogens with zero attached hydrogens (tertiary/aromatic N) is 1. The molecule has 0 radical (unpaired) electrons. The summed E-state index contributed by atoms with van der Waals surface area (Å²) >= 11 is 0. The molecule has 2 rings (SSSR count). The zero-order chi connectivity index (χ0) is 14.4. The molecule has 2 aliphatic carbocycles. The van der Waals surface area contributed by atoms with Gasteiger partial charge in [-0.3, -0.25) is 4.79 Å². The van der Waals surface area contributed by atoms with E-state index in [2.05, 4.69) is 39.9 Å². The minimum atomic E-state index is 0.206. The highest BCUT2D eigenvalue weighted by Crippen LogP contribution is 2.62. The first-order valence-corrected chi connectivity index (χ1v) is 7.67. The molecule has 2 fully saturated rings. The van der Waals surface area contributed by atoms with Gasteiger partial charge in [-0.05, 0) is 49.9 Å². The molecule has 110 valence electrons. The molecule has 1 amide bonds. The highest BCUT2D eigenvalue weighted by atomic mass is 16.2. The lowest BCUT2D eigenvalue weighted by atomic mass is 9.68. The van der Waals surface area contributed by atoms with E-state index in [1.807, 2.05) is 11.9 Å². The van der Waals surface area contributed by atoms with Gasteiger partial charge in [0.25, 0.3) is 0 Å². The van der Waals surface area contributed by atoms with Gasteiger partial charge in [-0.1, -0.05) is 20.8 Å². The van der Waals surface area contributed by atoms with Gasteiger partial charge < -0.3 is 10.2 Å². The fourth-order valence-corrected chi connectivity index (χ4v) is 4.41. The summed E-state index contributed by atoms with van der Waals surface area (Å²) in [5.41, 5.74) is 0.717. The van der Waals surface area contributed by atoms with Crippen LogP contribution in [0.25, 0.3) is 0 Å². The van der Waals surface area contributed by atoms with Gasteiger partial charge in [0.1, 0.15) is 0 Å². The molecule has 1 N–H and O–H groups in total. The molecule has 3 atom stereocenters. The van der Waals surface area contributed by atoms with Gasteiger partial charge in [-0.25, -0.2) is 0 Å². The van der Waals surface area contributed by atoms with Gasteiger partial charge in [0.05, 0.1) is 6.54 Å². The van der Waals surface area contributed by atoms with E-state index < -0.39 is 0 Å². The summed E-state index contributed by atoms with van der Waals surface area (Å²) in [5.74, 6) is 1.03. The number of carbonyl (C=O) groups excluding carboxylic acids is 1. The molecule has 0 aromatic carbocycles. The van der Waals surface area contributed by atoms with Crippen LogP contribution in [-0.4, -0.2) is 36.5 Å². The molecular weight excluding hydrogens is 236 g/mol. The summed E-state index contributed by atoms with van der Waals surface area (Å²) in [5, 5.41) is 3.59. The van der Waals surface area contributed by atoms with Crippen LogP contribution in [0.2, 0.25) is 0 Å². The molecular formula is C16H30N2O. The Morgan fingerprint density at radius 1 is 1.37 bits per heavy atom. The number of fused-ring (bicyclic) bond motifs is 2. The molecule has 3 heteroatoms. The van der Waals surface area contributed by atoms with Gasteiger partial charge in [-0.15, -0.1) is 0 Å². The van der Waals surface area contributed by atoms with Crippen LogP contribution in [0, 0.1) is 16.7 Å². The van der Waals surface area contributed by atoms with E-state index in [1.54, 1.807) is 0 Å². The minimum Gasteiger partial charge on any atom is -0.342 e. The summed E-state index contributed by atoms with van der Waals surface area (Å²) in [6, 6.07) is 0.751. The van der Waals surface area contributed by atoms with Crippen molar-refractivity contribution < 1.29 is 4.79 Å². The Morgan fingerprint density at radius 2 is 2.00 bits per heavy atom. The fraction of sp³-hybridized carbons (Fsp3) is 0.938. The molecule has 0 heterocycles. The molecule has 3 unspecified atom stereocenters. The lowest BCUT2D eigenvalue weighted by molar-refractivity contribution is -0.130. The smallest absolute Gasteiger partial charge is 0.236 e. The van der Waals surface area contributed by atoms with Crippen LogP contribution in [-0.2, 0) is 4.79 Å². The quantitative estimate of drug-likeness (QED) is 0.848. The second-order valence-electron chi connectivity index (χ2n) is 7.83. The summed E-state index contributed by atoms with van der Waals surface area (Å²) < 4.78 is 0. The van der Waals surface area contributed by atoms with Crippen molar-refractivity contribution in [2.75, 3.05) is 13.6 Å². The fourth-order valence-electron chi connectivity index (χ4n) is 4.41. The number of likely N-dealkylation sites (N-methyl/N-ethyl adjacent to an activating group) is 1. The third-order valence-corrected chi connectivity index (χ3v) is 5.90. The Labute approximate surface area is 118 Å². The van der Waals surface area contributed by atoms with Crippen molar-refractivity contribution in [3.05, 3.63) is 0 Å². The van der Waals surface area contributed by atoms with Crippen molar-refractivity contribution in [2.24, 2.45) is 16.7 Å². The average molecular weight is 266 g/mol. The Bertz CT molecular complexity index is 359. The van der Waals surface area contributed by atoms with Crippen molar-refractivity contribution in [3.8, 4) is 0 Å². The largest absolute Gasteiger partial charge is 0.342 e. The third-order valence-electron chi connectivity index (χ3n) is 5.90. The Hall–Kier alpha value is -0.570. The second-order valence-corrected chi connectivity index (χ2v) is 7.83. The van der Waals surface area contributed by atoms with E-state index in [9.17, 15) is 4.79 Å². The molecule has 19 heavy (non-hydrogen) atoms. The summed E-state index contributed by atoms with van der Waals surface area (Å²) in [6.45, 7) is 11.7. The zero-order valence-corrected chi connectivity index (χ0v) is 13.4. The second kappa shape index (κ2) is 4.76. The van der Waals surface area contributed by atoms with Gasteiger partial charge in [0.15, 0.2) is 0 Å². The number of nitrogens with one attached hydrogen (secondary N) is 1. The highest BCUT2D eigenvalue weighted by Gasteiger charge is 2.59. The van der Waals surface area contributed by atoms with E-state index in [0.717, 1.165) is 5.92 Å². The number of hydrogen-bond donors (Lipinski definition) is 1. The van der Waals surface area contributed by atoms with E-state index in [1.165, 1.54) is 19.3 Å². The molecule has 0 saturated heterocycles. The molecule has 2 saturated carbocycles. The topological polar surface area (TPSA) is 32.3 Å². The van der Waals surface area contributed by atoms with Gasteiger partial charge in [-0.2, -0.15) is 0 Å². The molecule has 3 nitrogen and oxygen atoms in total. The maximum Gasteiger partial charge on any atom is 0.236 e. The minimum absolute atomic E-state index is 0.206. The predicted molar refractivity (Wildman–Crippen MR) is 78.9 cm³/mol. The SMILES string of the molecule is CC(C)N(C)C(=O)CNC1C2(C)CCC(C2)C1(C)C. The van der Waals surface area contributed by atoms with Crippen LogP contribution in [0.5, 0.6) is 0 Å². The summed E-state index contributed by atoms with van der Waals surface area (Å²) in [7, 11) is 1.89. The van der Waals surface area contributed by atoms with Crippen molar-refractivity contribution in [1.29, 1.82) is 0 Å². The number of rotatable bonds is 4. The number of carbonyl (C=O) groups is 1. The summed E-state index contributed by atoms with van der Waals surface area (Å²) in [6.07, 6.45) is 4.00. The molecule has 2 bridgehead atoms. The maximum absolute atomic E-state index is 12.1. The lowest BCUT2D eigenvalue weighted by Gasteiger charge is -2.43. The Morgan fingerprint density at radius 3 is 2.47 bits per heavy atom. The van der Waals surface area contributed by atoms with Gasteiger partial charge in [0, 0.05) is 19.1 Å². The van der Waals surface area contributed by atoms with Crippen molar-refractivity contribution in [3.63, 3.8) is 0 Å². The first-order chi connectivity index (χ1) is 8.68. The molecule has 2 aliphatic rings. The van der Waals surface area contributed by atoms with E-state index in [4.69, 9.17) is 0 Å². The van der Waals surface area contributed by atoms with Crippen LogP contribution in [0.15, 0.2) is 0 Å². The molecule has 0 aromatic rings. The summed E-state index contributed by atoms with van der Waals surface area (Å²) in [4.78, 5) is 14.0. The monoisotopic (exact) mass is 266 g/mol. The first kappa shape index (κ1) is 14.8. The normalized spacial score (nSPS) is 35.9. The van der Waals surface area contributed by atoms with Crippen LogP contribution in [0.3, 0.4) is 0 Å². The van der Waals surface area contributed by atoms with Crippen LogP contribution >= 0.6 is 0 Å². The maximum atomic E-state index is 12.1. The third kappa shape index (κ3) is 2.42. The van der Waals surface area contributed by atoms with Crippen LogP contribution in [0.1, 0.15) is 53.9 Å². The highest BCUT2D eigenvalue weighted by molar-refractivity contribution is 5.78. The molecule has 0 aliphatic heterocycles. The van der Waals surface area contributed by atoms with Crippen molar-refractivity contribution >= 4 is 5.91 Å². The Kier molecular flexibility index (Phi) is 3.72. The predicted octanol–water partition coefficient (Wildman–Crippen LogP) is 2.66. The first-order valence-electron chi connectivity index (χ1n) is 7.67. The van der Waals surface area contributed by atoms with Crippen LogP contribution in [0.4, 0.5) is 0 Å². The van der Waals surface area contributed by atoms with Crippen LogP contribution < -0.4 is 5.32 Å². The number of amides is 1. The van der Waals surface area contributed by atoms with E-state index in [0.29, 0.717) is 23.4 Å². The van der Waals surface area contributed by atoms with Crippen molar-refractivity contribution in [1.82, 2.24) is 10.2 Å². The average Bonchev–Trinajstić information content (AvgIpc) is 2.78. The zero-order valence-electron chi connectivity index (χ0n) is 13.4. The molecule has 0 aromatic heterocycles. The van der Waals surface area contributed by atoms with E-state index in [-0.39, 0.29) is 11.9 Å². The number of hydrogen-bond acceptors (Lipinski definition) is 2. The van der Waals surface area contributed by atoms with Gasteiger partial charge >= 0.3 is 0 Å². The Balaban J connectivity index is 1.98. The standard InChI is InChI=1S/C16H30N2O/c1-11(2)18(6)13(19)10-17-14-15(3,4)12-7-8-16(14,5)9-12/h11-12,14,17H,7-10H2,1-6H3. The van der Waals surface area contributed by atoms with Crippen molar-refractivity contribution in [2.45, 2.75) is 66.0 Å². The van der Waals surface area contributed by atoms with E-state index >= 15 is 0 Å². The molecule has 0 spiro atoms. The lowest BCUT2D eigenvalue weighted by Crippen LogP contribution is -2.53. The van der Waals surface area contributed by atoms with Gasteiger partial charge in [0.2, 0.25) is 5.91 Å².